The highest BCUT2D eigenvalue weighted by Crippen LogP contribution is 2.37. The van der Waals surface area contributed by atoms with Gasteiger partial charge in [0.1, 0.15) is 6.04 Å². The normalized spacial score (nSPS) is 24.9. The molecule has 1 N–H and O–H groups in total. The highest BCUT2D eigenvalue weighted by Gasteiger charge is 2.41. The molecule has 3 atom stereocenters. The number of hydrogen-bond donors (Lipinski definition) is 1. The summed E-state index contributed by atoms with van der Waals surface area (Å²) in [7, 11) is 0. The Morgan fingerprint density at radius 2 is 1.53 bits per heavy atom. The van der Waals surface area contributed by atoms with Crippen LogP contribution >= 0.6 is 0 Å². The number of piperidine rings is 1. The van der Waals surface area contributed by atoms with Crippen LogP contribution in [0.25, 0.3) is 0 Å². The van der Waals surface area contributed by atoms with Crippen LogP contribution in [-0.2, 0) is 11.2 Å². The van der Waals surface area contributed by atoms with E-state index in [9.17, 15) is 9.90 Å². The van der Waals surface area contributed by atoms with Crippen molar-refractivity contribution >= 4 is 5.97 Å². The number of nitrogens with zero attached hydrogens (tertiary/aromatic N) is 2. The number of carboxylic acids is 1. The molecule has 206 valence electrons. The van der Waals surface area contributed by atoms with Gasteiger partial charge in [-0.1, -0.05) is 99.2 Å². The van der Waals surface area contributed by atoms with Gasteiger partial charge in [-0.3, -0.25) is 9.69 Å². The lowest BCUT2D eigenvalue weighted by Gasteiger charge is -2.35. The Hall–Kier alpha value is -2.17. The topological polar surface area (TPSA) is 43.8 Å². The second kappa shape index (κ2) is 13.8. The third-order valence-corrected chi connectivity index (χ3v) is 9.82. The van der Waals surface area contributed by atoms with Crippen molar-refractivity contribution < 1.29 is 9.90 Å². The maximum absolute atomic E-state index is 12.5. The van der Waals surface area contributed by atoms with Gasteiger partial charge in [0.25, 0.3) is 0 Å². The van der Waals surface area contributed by atoms with Crippen molar-refractivity contribution in [3.05, 3.63) is 71.8 Å². The summed E-state index contributed by atoms with van der Waals surface area (Å²) in [5.41, 5.74) is 2.85. The quantitative estimate of drug-likeness (QED) is 0.354. The Morgan fingerprint density at radius 3 is 2.21 bits per heavy atom. The van der Waals surface area contributed by atoms with Crippen LogP contribution in [0.3, 0.4) is 0 Å². The molecule has 1 aliphatic carbocycles. The van der Waals surface area contributed by atoms with Crippen molar-refractivity contribution in [3.8, 4) is 0 Å². The average Bonchev–Trinajstić information content (AvgIpc) is 3.37. The molecule has 2 saturated heterocycles. The molecule has 5 rings (SSSR count). The molecule has 3 aliphatic rings. The molecule has 0 spiro atoms. The first-order valence-electron chi connectivity index (χ1n) is 15.4. The zero-order valence-corrected chi connectivity index (χ0v) is 23.2. The first kappa shape index (κ1) is 27.4. The molecular weight excluding hydrogens is 468 g/mol. The molecule has 2 aliphatic heterocycles. The molecule has 38 heavy (non-hydrogen) atoms. The number of likely N-dealkylation sites (tertiary alicyclic amines) is 2. The van der Waals surface area contributed by atoms with E-state index in [1.165, 1.54) is 88.4 Å². The summed E-state index contributed by atoms with van der Waals surface area (Å²) >= 11 is 0. The van der Waals surface area contributed by atoms with E-state index in [1.54, 1.807) is 0 Å². The second-order valence-corrected chi connectivity index (χ2v) is 12.4. The van der Waals surface area contributed by atoms with Crippen molar-refractivity contribution in [2.75, 3.05) is 32.7 Å². The molecule has 0 aromatic heterocycles. The Morgan fingerprint density at radius 1 is 0.842 bits per heavy atom. The fraction of sp³-hybridized carbons (Fsp3) is 0.618. The number of aryl methyl sites for hydroxylation is 1. The molecule has 2 aromatic rings. The summed E-state index contributed by atoms with van der Waals surface area (Å²) < 4.78 is 0. The Labute approximate surface area is 230 Å². The van der Waals surface area contributed by atoms with Gasteiger partial charge in [0.2, 0.25) is 0 Å². The summed E-state index contributed by atoms with van der Waals surface area (Å²) in [6.07, 6.45) is 13.6. The maximum Gasteiger partial charge on any atom is 0.320 e. The van der Waals surface area contributed by atoms with Gasteiger partial charge in [0.05, 0.1) is 0 Å². The predicted octanol–water partition coefficient (Wildman–Crippen LogP) is 6.86. The Bertz CT molecular complexity index is 966. The van der Waals surface area contributed by atoms with E-state index in [-0.39, 0.29) is 6.04 Å². The van der Waals surface area contributed by atoms with Crippen molar-refractivity contribution in [3.63, 3.8) is 0 Å². The van der Waals surface area contributed by atoms with Crippen molar-refractivity contribution in [1.29, 1.82) is 0 Å². The number of carboxylic acid groups (broad SMARTS) is 1. The minimum Gasteiger partial charge on any atom is -0.480 e. The van der Waals surface area contributed by atoms with Crippen LogP contribution in [0.1, 0.15) is 81.3 Å². The standard InChI is InChI=1S/C34H48N2O2/c37-34(38)33(23-29-13-6-2-7-14-29)36-25-31(32(26-36)30-17-8-3-9-18-30)24-35-21-19-28(20-22-35)16-10-15-27-11-4-1-5-12-27/h1,3-5,8-9,11-12,17-18,28-29,31-33H,2,6-7,10,13-16,19-26H2,(H,37,38)/t31-,32+,33?/m0/s1. The van der Waals surface area contributed by atoms with Gasteiger partial charge >= 0.3 is 5.97 Å². The van der Waals surface area contributed by atoms with Gasteiger partial charge in [-0.05, 0) is 74.1 Å². The summed E-state index contributed by atoms with van der Waals surface area (Å²) in [5.74, 6) is 1.75. The van der Waals surface area contributed by atoms with E-state index in [0.29, 0.717) is 17.8 Å². The van der Waals surface area contributed by atoms with Gasteiger partial charge in [0, 0.05) is 25.6 Å². The molecule has 1 unspecified atom stereocenters. The van der Waals surface area contributed by atoms with E-state index in [1.807, 2.05) is 0 Å². The number of rotatable bonds is 11. The maximum atomic E-state index is 12.5. The van der Waals surface area contributed by atoms with Crippen LogP contribution in [0.5, 0.6) is 0 Å². The molecule has 0 radical (unpaired) electrons. The number of benzene rings is 2. The van der Waals surface area contributed by atoms with Crippen LogP contribution in [0.2, 0.25) is 0 Å². The smallest absolute Gasteiger partial charge is 0.320 e. The molecule has 4 nitrogen and oxygen atoms in total. The molecule has 4 heteroatoms. The average molecular weight is 517 g/mol. The van der Waals surface area contributed by atoms with Crippen molar-refractivity contribution in [2.45, 2.75) is 82.6 Å². The summed E-state index contributed by atoms with van der Waals surface area (Å²) in [4.78, 5) is 17.5. The van der Waals surface area contributed by atoms with Crippen LogP contribution in [-0.4, -0.2) is 59.6 Å². The number of hydrogen-bond acceptors (Lipinski definition) is 3. The monoisotopic (exact) mass is 516 g/mol. The van der Waals surface area contributed by atoms with Gasteiger partial charge in [-0.25, -0.2) is 0 Å². The lowest BCUT2D eigenvalue weighted by atomic mass is 9.84. The molecule has 2 heterocycles. The zero-order valence-electron chi connectivity index (χ0n) is 23.2. The van der Waals surface area contributed by atoms with Gasteiger partial charge in [-0.2, -0.15) is 0 Å². The fourth-order valence-corrected chi connectivity index (χ4v) is 7.60. The highest BCUT2D eigenvalue weighted by atomic mass is 16.4. The van der Waals surface area contributed by atoms with Gasteiger partial charge in [-0.15, -0.1) is 0 Å². The van der Waals surface area contributed by atoms with Crippen molar-refractivity contribution in [2.24, 2.45) is 17.8 Å². The molecule has 2 aromatic carbocycles. The minimum absolute atomic E-state index is 0.329. The summed E-state index contributed by atoms with van der Waals surface area (Å²) in [6.45, 7) is 5.29. The number of carbonyl (C=O) groups is 1. The van der Waals surface area contributed by atoms with Crippen molar-refractivity contribution in [1.82, 2.24) is 9.80 Å². The van der Waals surface area contributed by atoms with E-state index in [0.717, 1.165) is 32.0 Å². The molecule has 0 amide bonds. The Kier molecular flexibility index (Phi) is 9.92. The van der Waals surface area contributed by atoms with E-state index in [4.69, 9.17) is 0 Å². The van der Waals surface area contributed by atoms with Gasteiger partial charge < -0.3 is 10.0 Å². The van der Waals surface area contributed by atoms with Crippen LogP contribution < -0.4 is 0 Å². The molecule has 0 bridgehead atoms. The SMILES string of the molecule is O=C(O)C(CC1CCCCC1)N1C[C@H](CN2CCC(CCCc3ccccc3)CC2)[C@@H](c2ccccc2)C1. The summed E-state index contributed by atoms with van der Waals surface area (Å²) in [5, 5.41) is 10.2. The molecule has 1 saturated carbocycles. The third-order valence-electron chi connectivity index (χ3n) is 9.82. The lowest BCUT2D eigenvalue weighted by Crippen LogP contribution is -2.42. The molecule has 3 fully saturated rings. The largest absolute Gasteiger partial charge is 0.480 e. The van der Waals surface area contributed by atoms with E-state index < -0.39 is 5.97 Å². The first-order chi connectivity index (χ1) is 18.7. The summed E-state index contributed by atoms with van der Waals surface area (Å²) in [6, 6.07) is 21.5. The third kappa shape index (κ3) is 7.48. The minimum atomic E-state index is -0.612. The number of aliphatic carboxylic acids is 1. The predicted molar refractivity (Wildman–Crippen MR) is 155 cm³/mol. The molecular formula is C34H48N2O2. The zero-order chi connectivity index (χ0) is 26.2. The van der Waals surface area contributed by atoms with Crippen LogP contribution in [0.15, 0.2) is 60.7 Å². The highest BCUT2D eigenvalue weighted by molar-refractivity contribution is 5.73. The van der Waals surface area contributed by atoms with Crippen LogP contribution in [0, 0.1) is 17.8 Å². The second-order valence-electron chi connectivity index (χ2n) is 12.4. The van der Waals surface area contributed by atoms with E-state index in [2.05, 4.69) is 70.5 Å². The lowest BCUT2D eigenvalue weighted by molar-refractivity contribution is -0.143. The van der Waals surface area contributed by atoms with Gasteiger partial charge in [0.15, 0.2) is 0 Å². The van der Waals surface area contributed by atoms with Crippen LogP contribution in [0.4, 0.5) is 0 Å². The van der Waals surface area contributed by atoms with E-state index >= 15 is 0 Å². The fourth-order valence-electron chi connectivity index (χ4n) is 7.60. The first-order valence-corrected chi connectivity index (χ1v) is 15.4. The Balaban J connectivity index is 1.16.